The summed E-state index contributed by atoms with van der Waals surface area (Å²) in [5.74, 6) is -1.91. The van der Waals surface area contributed by atoms with Gasteiger partial charge >= 0.3 is 0 Å². The minimum absolute atomic E-state index is 0.247. The Kier molecular flexibility index (Phi) is 4.07. The Labute approximate surface area is 109 Å². The van der Waals surface area contributed by atoms with Crippen LogP contribution in [-0.4, -0.2) is 36.5 Å². The molecule has 1 aliphatic rings. The number of piperazine rings is 1. The molecule has 1 aromatic carbocycles. The average molecular weight is 265 g/mol. The molecule has 1 aliphatic heterocycles. The average Bonchev–Trinajstić information content (AvgIpc) is 2.42. The van der Waals surface area contributed by atoms with Crippen molar-refractivity contribution in [2.45, 2.75) is 12.5 Å². The minimum atomic E-state index is -0.739. The summed E-state index contributed by atoms with van der Waals surface area (Å²) in [7, 11) is 0. The first kappa shape index (κ1) is 13.4. The van der Waals surface area contributed by atoms with Gasteiger partial charge in [-0.2, -0.15) is 5.26 Å². The highest BCUT2D eigenvalue weighted by Crippen LogP contribution is 2.15. The number of nitrogens with one attached hydrogen (secondary N) is 1. The zero-order valence-corrected chi connectivity index (χ0v) is 10.2. The summed E-state index contributed by atoms with van der Waals surface area (Å²) in [6, 6.07) is 4.90. The molecule has 1 fully saturated rings. The molecule has 0 radical (unpaired) electrons. The first-order valence-corrected chi connectivity index (χ1v) is 5.96. The van der Waals surface area contributed by atoms with E-state index in [2.05, 4.69) is 5.32 Å². The summed E-state index contributed by atoms with van der Waals surface area (Å²) in [5.41, 5.74) is -0.247. The lowest BCUT2D eigenvalue weighted by atomic mass is 10.1. The van der Waals surface area contributed by atoms with E-state index in [0.29, 0.717) is 19.6 Å². The van der Waals surface area contributed by atoms with Gasteiger partial charge in [-0.1, -0.05) is 6.07 Å². The molecule has 0 aliphatic carbocycles. The van der Waals surface area contributed by atoms with Crippen LogP contribution in [0.4, 0.5) is 8.78 Å². The van der Waals surface area contributed by atoms with E-state index in [1.165, 1.54) is 11.0 Å². The third-order valence-electron chi connectivity index (χ3n) is 3.10. The first-order valence-electron chi connectivity index (χ1n) is 5.96. The summed E-state index contributed by atoms with van der Waals surface area (Å²) >= 11 is 0. The van der Waals surface area contributed by atoms with Crippen molar-refractivity contribution in [1.29, 1.82) is 5.26 Å². The van der Waals surface area contributed by atoms with E-state index in [9.17, 15) is 13.6 Å². The van der Waals surface area contributed by atoms with E-state index in [0.717, 1.165) is 12.1 Å². The van der Waals surface area contributed by atoms with Crippen LogP contribution in [0.1, 0.15) is 5.56 Å². The van der Waals surface area contributed by atoms with E-state index >= 15 is 0 Å². The predicted octanol–water partition coefficient (Wildman–Crippen LogP) is 0.831. The summed E-state index contributed by atoms with van der Waals surface area (Å²) in [6.45, 7) is 1.32. The maximum Gasteiger partial charge on any atom is 0.228 e. The van der Waals surface area contributed by atoms with E-state index in [1.54, 1.807) is 0 Å². The van der Waals surface area contributed by atoms with Crippen LogP contribution in [-0.2, 0) is 11.2 Å². The van der Waals surface area contributed by atoms with Gasteiger partial charge in [0.05, 0.1) is 12.5 Å². The molecular weight excluding hydrogens is 252 g/mol. The van der Waals surface area contributed by atoms with Gasteiger partial charge in [0.25, 0.3) is 0 Å². The van der Waals surface area contributed by atoms with Crippen LogP contribution in [0.25, 0.3) is 0 Å². The number of hydrogen-bond acceptors (Lipinski definition) is 3. The van der Waals surface area contributed by atoms with Gasteiger partial charge < -0.3 is 10.2 Å². The van der Waals surface area contributed by atoms with Crippen molar-refractivity contribution < 1.29 is 13.6 Å². The van der Waals surface area contributed by atoms with Gasteiger partial charge in [0.15, 0.2) is 0 Å². The second-order valence-electron chi connectivity index (χ2n) is 4.31. The van der Waals surface area contributed by atoms with Crippen molar-refractivity contribution in [1.82, 2.24) is 10.2 Å². The topological polar surface area (TPSA) is 56.1 Å². The highest BCUT2D eigenvalue weighted by atomic mass is 19.1. The molecule has 2 rings (SSSR count). The van der Waals surface area contributed by atoms with Gasteiger partial charge in [0, 0.05) is 25.2 Å². The van der Waals surface area contributed by atoms with Crippen molar-refractivity contribution in [3.8, 4) is 6.07 Å². The molecule has 4 nitrogen and oxygen atoms in total. The molecule has 6 heteroatoms. The molecule has 1 unspecified atom stereocenters. The predicted molar refractivity (Wildman–Crippen MR) is 64.0 cm³/mol. The smallest absolute Gasteiger partial charge is 0.228 e. The SMILES string of the molecule is N#CC1CNCCN1C(=O)Cc1c(F)cccc1F. The molecule has 1 N–H and O–H groups in total. The van der Waals surface area contributed by atoms with Crippen molar-refractivity contribution in [3.63, 3.8) is 0 Å². The summed E-state index contributed by atoms with van der Waals surface area (Å²) in [4.78, 5) is 13.4. The van der Waals surface area contributed by atoms with Gasteiger partial charge in [-0.15, -0.1) is 0 Å². The highest BCUT2D eigenvalue weighted by molar-refractivity contribution is 5.79. The standard InChI is InChI=1S/C13H13F2N3O/c14-11-2-1-3-12(15)10(11)6-13(19)18-5-4-17-8-9(18)7-16/h1-3,9,17H,4-6,8H2. The molecular formula is C13H13F2N3O. The largest absolute Gasteiger partial charge is 0.324 e. The summed E-state index contributed by atoms with van der Waals surface area (Å²) in [6.07, 6.45) is -0.364. The number of carbonyl (C=O) groups is 1. The summed E-state index contributed by atoms with van der Waals surface area (Å²) < 4.78 is 26.9. The number of nitriles is 1. The molecule has 1 aromatic rings. The Morgan fingerprint density at radius 2 is 2.16 bits per heavy atom. The zero-order valence-electron chi connectivity index (χ0n) is 10.2. The highest BCUT2D eigenvalue weighted by Gasteiger charge is 2.27. The maximum atomic E-state index is 13.5. The Balaban J connectivity index is 2.14. The van der Waals surface area contributed by atoms with Crippen LogP contribution >= 0.6 is 0 Å². The Hall–Kier alpha value is -2.00. The fourth-order valence-electron chi connectivity index (χ4n) is 2.07. The van der Waals surface area contributed by atoms with Crippen LogP contribution in [0.15, 0.2) is 18.2 Å². The monoisotopic (exact) mass is 265 g/mol. The molecule has 0 spiro atoms. The molecule has 1 amide bonds. The second kappa shape index (κ2) is 5.76. The summed E-state index contributed by atoms with van der Waals surface area (Å²) in [5, 5.41) is 11.9. The molecule has 19 heavy (non-hydrogen) atoms. The van der Waals surface area contributed by atoms with E-state index in [1.807, 2.05) is 6.07 Å². The molecule has 1 saturated heterocycles. The maximum absolute atomic E-state index is 13.5. The number of halogens is 2. The fraction of sp³-hybridized carbons (Fsp3) is 0.385. The fourth-order valence-corrected chi connectivity index (χ4v) is 2.07. The third-order valence-corrected chi connectivity index (χ3v) is 3.10. The van der Waals surface area contributed by atoms with Gasteiger partial charge in [0.1, 0.15) is 17.7 Å². The Morgan fingerprint density at radius 1 is 1.47 bits per heavy atom. The molecule has 0 aromatic heterocycles. The van der Waals surface area contributed by atoms with E-state index in [4.69, 9.17) is 5.26 Å². The van der Waals surface area contributed by atoms with Crippen molar-refractivity contribution in [2.75, 3.05) is 19.6 Å². The molecule has 1 heterocycles. The Morgan fingerprint density at radius 3 is 2.79 bits per heavy atom. The molecule has 100 valence electrons. The number of benzene rings is 1. The zero-order chi connectivity index (χ0) is 13.8. The third kappa shape index (κ3) is 2.88. The van der Waals surface area contributed by atoms with Crippen molar-refractivity contribution in [2.24, 2.45) is 0 Å². The molecule has 1 atom stereocenters. The number of hydrogen-bond donors (Lipinski definition) is 1. The van der Waals surface area contributed by atoms with Crippen molar-refractivity contribution in [3.05, 3.63) is 35.4 Å². The van der Waals surface area contributed by atoms with Crippen LogP contribution in [0.3, 0.4) is 0 Å². The normalized spacial score (nSPS) is 19.0. The first-order chi connectivity index (χ1) is 9.13. The van der Waals surface area contributed by atoms with Crippen LogP contribution in [0, 0.1) is 23.0 Å². The van der Waals surface area contributed by atoms with Gasteiger partial charge in [-0.05, 0) is 12.1 Å². The van der Waals surface area contributed by atoms with Gasteiger partial charge in [-0.3, -0.25) is 4.79 Å². The second-order valence-corrected chi connectivity index (χ2v) is 4.31. The van der Waals surface area contributed by atoms with Crippen LogP contribution in [0.2, 0.25) is 0 Å². The van der Waals surface area contributed by atoms with Crippen LogP contribution < -0.4 is 5.32 Å². The quantitative estimate of drug-likeness (QED) is 0.861. The lowest BCUT2D eigenvalue weighted by Crippen LogP contribution is -2.53. The number of amides is 1. The lowest BCUT2D eigenvalue weighted by molar-refractivity contribution is -0.132. The van der Waals surface area contributed by atoms with Crippen molar-refractivity contribution >= 4 is 5.91 Å². The Bertz CT molecular complexity index is 507. The number of carbonyl (C=O) groups excluding carboxylic acids is 1. The number of nitrogens with zero attached hydrogens (tertiary/aromatic N) is 2. The van der Waals surface area contributed by atoms with E-state index in [-0.39, 0.29) is 12.0 Å². The minimum Gasteiger partial charge on any atom is -0.324 e. The van der Waals surface area contributed by atoms with E-state index < -0.39 is 23.6 Å². The lowest BCUT2D eigenvalue weighted by Gasteiger charge is -2.32. The number of rotatable bonds is 2. The molecule has 0 saturated carbocycles. The van der Waals surface area contributed by atoms with Gasteiger partial charge in [-0.25, -0.2) is 8.78 Å². The van der Waals surface area contributed by atoms with Crippen LogP contribution in [0.5, 0.6) is 0 Å². The van der Waals surface area contributed by atoms with Gasteiger partial charge in [0.2, 0.25) is 5.91 Å². The molecule has 0 bridgehead atoms.